The molecule has 0 saturated heterocycles. The van der Waals surface area contributed by atoms with Gasteiger partial charge in [-0.2, -0.15) is 0 Å². The van der Waals surface area contributed by atoms with E-state index in [2.05, 4.69) is 22.1 Å². The Labute approximate surface area is 114 Å². The van der Waals surface area contributed by atoms with Crippen molar-refractivity contribution in [1.82, 2.24) is 10.3 Å². The molecule has 0 aliphatic heterocycles. The molecule has 0 amide bonds. The molecular weight excluding hydrogens is 250 g/mol. The zero-order valence-corrected chi connectivity index (χ0v) is 12.1. The number of likely N-dealkylation sites (N-methyl/N-ethyl adjacent to an activating group) is 1. The zero-order valence-electron chi connectivity index (χ0n) is 11.4. The minimum absolute atomic E-state index is 0.685. The van der Waals surface area contributed by atoms with Gasteiger partial charge in [0, 0.05) is 27.2 Å². The lowest BCUT2D eigenvalue weighted by Crippen LogP contribution is -2.24. The van der Waals surface area contributed by atoms with Crippen LogP contribution in [0.25, 0.3) is 0 Å². The molecule has 1 aromatic rings. The molecule has 0 atom stereocenters. The highest BCUT2D eigenvalue weighted by molar-refractivity contribution is 6.31. The Kier molecular flexibility index (Phi) is 7.01. The Hall–Kier alpha value is -0.840. The van der Waals surface area contributed by atoms with E-state index in [9.17, 15) is 0 Å². The number of nitrogens with zero attached hydrogens (tertiary/aromatic N) is 2. The van der Waals surface area contributed by atoms with Crippen LogP contribution in [0.15, 0.2) is 12.1 Å². The molecule has 4 nitrogen and oxygen atoms in total. The summed E-state index contributed by atoms with van der Waals surface area (Å²) in [5.41, 5.74) is 0.895. The number of rotatable bonds is 8. The monoisotopic (exact) mass is 271 g/mol. The molecule has 1 heterocycles. The molecule has 0 saturated carbocycles. The van der Waals surface area contributed by atoms with Crippen LogP contribution in [0.3, 0.4) is 0 Å². The molecule has 1 aromatic heterocycles. The van der Waals surface area contributed by atoms with E-state index in [0.29, 0.717) is 18.2 Å². The molecule has 18 heavy (non-hydrogen) atoms. The third-order valence-corrected chi connectivity index (χ3v) is 2.99. The van der Waals surface area contributed by atoms with Crippen molar-refractivity contribution < 1.29 is 4.74 Å². The van der Waals surface area contributed by atoms with Crippen LogP contribution in [-0.2, 0) is 11.3 Å². The summed E-state index contributed by atoms with van der Waals surface area (Å²) in [4.78, 5) is 6.63. The van der Waals surface area contributed by atoms with Gasteiger partial charge in [-0.05, 0) is 25.1 Å². The van der Waals surface area contributed by atoms with Crippen LogP contribution in [0.4, 0.5) is 5.82 Å². The van der Waals surface area contributed by atoms with Gasteiger partial charge < -0.3 is 15.0 Å². The van der Waals surface area contributed by atoms with Crippen molar-refractivity contribution in [1.29, 1.82) is 0 Å². The standard InChI is InChI=1S/C13H22ClN3O/c1-4-7-15-10-12-11(14)5-6-13(16-12)17(2)8-9-18-3/h5-6,15H,4,7-10H2,1-3H3. The van der Waals surface area contributed by atoms with E-state index in [0.717, 1.165) is 31.0 Å². The number of pyridine rings is 1. The van der Waals surface area contributed by atoms with E-state index < -0.39 is 0 Å². The Bertz CT molecular complexity index is 360. The quantitative estimate of drug-likeness (QED) is 0.737. The first-order chi connectivity index (χ1) is 8.69. The molecule has 0 bridgehead atoms. The van der Waals surface area contributed by atoms with Gasteiger partial charge in [-0.15, -0.1) is 0 Å². The van der Waals surface area contributed by atoms with Crippen LogP contribution in [0.5, 0.6) is 0 Å². The summed E-state index contributed by atoms with van der Waals surface area (Å²) in [6.45, 7) is 5.31. The first-order valence-corrected chi connectivity index (χ1v) is 6.63. The maximum Gasteiger partial charge on any atom is 0.128 e. The summed E-state index contributed by atoms with van der Waals surface area (Å²) in [5.74, 6) is 0.921. The van der Waals surface area contributed by atoms with Gasteiger partial charge in [0.1, 0.15) is 5.82 Å². The van der Waals surface area contributed by atoms with Crippen LogP contribution in [0.1, 0.15) is 19.0 Å². The predicted octanol–water partition coefficient (Wildman–Crippen LogP) is 2.32. The molecule has 0 spiro atoms. The predicted molar refractivity (Wildman–Crippen MR) is 76.4 cm³/mol. The lowest BCUT2D eigenvalue weighted by molar-refractivity contribution is 0.206. The summed E-state index contributed by atoms with van der Waals surface area (Å²) < 4.78 is 5.06. The highest BCUT2D eigenvalue weighted by Crippen LogP contribution is 2.18. The number of anilines is 1. The van der Waals surface area contributed by atoms with Crippen LogP contribution in [0, 0.1) is 0 Å². The van der Waals surface area contributed by atoms with Gasteiger partial charge in [0.25, 0.3) is 0 Å². The molecule has 1 rings (SSSR count). The van der Waals surface area contributed by atoms with Crippen molar-refractivity contribution in [2.75, 3.05) is 38.8 Å². The Morgan fingerprint density at radius 3 is 2.89 bits per heavy atom. The van der Waals surface area contributed by atoms with Gasteiger partial charge in [-0.1, -0.05) is 18.5 Å². The third-order valence-electron chi connectivity index (χ3n) is 2.65. The normalized spacial score (nSPS) is 10.7. The fourth-order valence-electron chi connectivity index (χ4n) is 1.54. The fourth-order valence-corrected chi connectivity index (χ4v) is 1.71. The van der Waals surface area contributed by atoms with E-state index in [1.54, 1.807) is 7.11 Å². The van der Waals surface area contributed by atoms with Crippen LogP contribution in [-0.4, -0.2) is 38.8 Å². The van der Waals surface area contributed by atoms with Gasteiger partial charge in [0.2, 0.25) is 0 Å². The van der Waals surface area contributed by atoms with Crippen LogP contribution in [0.2, 0.25) is 5.02 Å². The van der Waals surface area contributed by atoms with Gasteiger partial charge >= 0.3 is 0 Å². The minimum atomic E-state index is 0.685. The van der Waals surface area contributed by atoms with Crippen molar-refractivity contribution in [3.05, 3.63) is 22.8 Å². The fraction of sp³-hybridized carbons (Fsp3) is 0.615. The molecule has 0 aliphatic carbocycles. The second-order valence-corrected chi connectivity index (χ2v) is 4.60. The average molecular weight is 272 g/mol. The lowest BCUT2D eigenvalue weighted by Gasteiger charge is -2.18. The van der Waals surface area contributed by atoms with E-state index in [1.807, 2.05) is 19.2 Å². The van der Waals surface area contributed by atoms with Crippen molar-refractivity contribution in [2.24, 2.45) is 0 Å². The number of aromatic nitrogens is 1. The van der Waals surface area contributed by atoms with Crippen LogP contribution < -0.4 is 10.2 Å². The molecule has 0 fully saturated rings. The smallest absolute Gasteiger partial charge is 0.128 e. The molecule has 0 aliphatic rings. The van der Waals surface area contributed by atoms with Gasteiger partial charge in [0.05, 0.1) is 17.3 Å². The Morgan fingerprint density at radius 2 is 2.22 bits per heavy atom. The number of halogens is 1. The topological polar surface area (TPSA) is 37.4 Å². The largest absolute Gasteiger partial charge is 0.383 e. The minimum Gasteiger partial charge on any atom is -0.383 e. The van der Waals surface area contributed by atoms with E-state index in [1.165, 1.54) is 0 Å². The van der Waals surface area contributed by atoms with Crippen molar-refractivity contribution in [3.63, 3.8) is 0 Å². The molecule has 0 radical (unpaired) electrons. The Morgan fingerprint density at radius 1 is 1.44 bits per heavy atom. The summed E-state index contributed by atoms with van der Waals surface area (Å²) in [6.07, 6.45) is 1.10. The second-order valence-electron chi connectivity index (χ2n) is 4.19. The first kappa shape index (κ1) is 15.2. The number of ether oxygens (including phenoxy) is 1. The Balaban J connectivity index is 2.67. The van der Waals surface area contributed by atoms with E-state index in [4.69, 9.17) is 16.3 Å². The highest BCUT2D eigenvalue weighted by Gasteiger charge is 2.07. The molecule has 0 aromatic carbocycles. The summed E-state index contributed by atoms with van der Waals surface area (Å²) in [7, 11) is 3.70. The zero-order chi connectivity index (χ0) is 13.4. The molecule has 5 heteroatoms. The molecule has 1 N–H and O–H groups in total. The number of hydrogen-bond acceptors (Lipinski definition) is 4. The summed E-state index contributed by atoms with van der Waals surface area (Å²) in [6, 6.07) is 3.83. The van der Waals surface area contributed by atoms with Gasteiger partial charge in [0.15, 0.2) is 0 Å². The number of methoxy groups -OCH3 is 1. The SMILES string of the molecule is CCCNCc1nc(N(C)CCOC)ccc1Cl. The average Bonchev–Trinajstić information content (AvgIpc) is 2.38. The van der Waals surface area contributed by atoms with E-state index in [-0.39, 0.29) is 0 Å². The highest BCUT2D eigenvalue weighted by atomic mass is 35.5. The van der Waals surface area contributed by atoms with Gasteiger partial charge in [-0.3, -0.25) is 0 Å². The van der Waals surface area contributed by atoms with Gasteiger partial charge in [-0.25, -0.2) is 4.98 Å². The summed E-state index contributed by atoms with van der Waals surface area (Å²) in [5, 5.41) is 4.02. The maximum absolute atomic E-state index is 6.14. The number of nitrogens with one attached hydrogen (secondary N) is 1. The van der Waals surface area contributed by atoms with Crippen molar-refractivity contribution in [2.45, 2.75) is 19.9 Å². The maximum atomic E-state index is 6.14. The first-order valence-electron chi connectivity index (χ1n) is 6.25. The second kappa shape index (κ2) is 8.29. The van der Waals surface area contributed by atoms with Crippen LogP contribution >= 0.6 is 11.6 Å². The molecule has 0 unspecified atom stereocenters. The molecular formula is C13H22ClN3O. The third kappa shape index (κ3) is 4.80. The van der Waals surface area contributed by atoms with Crippen molar-refractivity contribution in [3.8, 4) is 0 Å². The number of hydrogen-bond donors (Lipinski definition) is 1. The lowest BCUT2D eigenvalue weighted by atomic mass is 10.3. The molecule has 102 valence electrons. The van der Waals surface area contributed by atoms with Crippen molar-refractivity contribution >= 4 is 17.4 Å². The van der Waals surface area contributed by atoms with E-state index >= 15 is 0 Å². The summed E-state index contributed by atoms with van der Waals surface area (Å²) >= 11 is 6.14.